The SMILES string of the molecule is CCn1ncc(Br)c1CN(C)C(=S)Nc1cnn(Cc2ccccc2C)c1. The molecule has 6 nitrogen and oxygen atoms in total. The van der Waals surface area contributed by atoms with Crippen LogP contribution in [0, 0.1) is 6.92 Å². The molecule has 0 bridgehead atoms. The van der Waals surface area contributed by atoms with Crippen LogP contribution in [0.15, 0.2) is 47.3 Å². The maximum Gasteiger partial charge on any atom is 0.173 e. The van der Waals surface area contributed by atoms with Crippen molar-refractivity contribution in [2.45, 2.75) is 33.5 Å². The number of nitrogens with one attached hydrogen (secondary N) is 1. The van der Waals surface area contributed by atoms with Crippen molar-refractivity contribution >= 4 is 38.9 Å². The Bertz CT molecular complexity index is 932. The predicted octanol–water partition coefficient (Wildman–Crippen LogP) is 4.05. The summed E-state index contributed by atoms with van der Waals surface area (Å²) in [5.74, 6) is 0. The minimum absolute atomic E-state index is 0.640. The Kier molecular flexibility index (Phi) is 6.28. The van der Waals surface area contributed by atoms with Crippen LogP contribution < -0.4 is 5.32 Å². The summed E-state index contributed by atoms with van der Waals surface area (Å²) in [4.78, 5) is 1.99. The van der Waals surface area contributed by atoms with Crippen molar-refractivity contribution in [1.29, 1.82) is 0 Å². The Morgan fingerprint density at radius 2 is 2.04 bits per heavy atom. The highest BCUT2D eigenvalue weighted by Crippen LogP contribution is 2.18. The van der Waals surface area contributed by atoms with Crippen molar-refractivity contribution in [2.24, 2.45) is 0 Å². The molecule has 0 spiro atoms. The van der Waals surface area contributed by atoms with Gasteiger partial charge in [-0.15, -0.1) is 0 Å². The zero-order valence-electron chi connectivity index (χ0n) is 15.7. The number of aromatic nitrogens is 4. The molecule has 27 heavy (non-hydrogen) atoms. The number of anilines is 1. The molecule has 0 aliphatic rings. The number of hydrogen-bond acceptors (Lipinski definition) is 3. The highest BCUT2D eigenvalue weighted by atomic mass is 79.9. The largest absolute Gasteiger partial charge is 0.346 e. The van der Waals surface area contributed by atoms with Gasteiger partial charge in [0, 0.05) is 19.8 Å². The van der Waals surface area contributed by atoms with E-state index in [0.29, 0.717) is 11.7 Å². The molecule has 0 atom stereocenters. The number of aryl methyl sites for hydroxylation is 2. The lowest BCUT2D eigenvalue weighted by Gasteiger charge is -2.21. The zero-order valence-corrected chi connectivity index (χ0v) is 18.1. The maximum atomic E-state index is 5.55. The molecule has 142 valence electrons. The van der Waals surface area contributed by atoms with Crippen LogP contribution >= 0.6 is 28.1 Å². The molecule has 2 heterocycles. The molecule has 0 saturated carbocycles. The molecule has 0 amide bonds. The maximum absolute atomic E-state index is 5.55. The van der Waals surface area contributed by atoms with Crippen molar-refractivity contribution in [3.05, 3.63) is 64.1 Å². The Labute approximate surface area is 173 Å². The van der Waals surface area contributed by atoms with Crippen LogP contribution in [0.2, 0.25) is 0 Å². The van der Waals surface area contributed by atoms with Crippen molar-refractivity contribution in [2.75, 3.05) is 12.4 Å². The third-order valence-electron chi connectivity index (χ3n) is 4.41. The lowest BCUT2D eigenvalue weighted by Crippen LogP contribution is -2.31. The smallest absolute Gasteiger partial charge is 0.173 e. The normalized spacial score (nSPS) is 10.8. The second kappa shape index (κ2) is 8.67. The van der Waals surface area contributed by atoms with Crippen LogP contribution in [0.3, 0.4) is 0 Å². The highest BCUT2D eigenvalue weighted by molar-refractivity contribution is 9.10. The van der Waals surface area contributed by atoms with E-state index < -0.39 is 0 Å². The quantitative estimate of drug-likeness (QED) is 0.578. The fraction of sp³-hybridized carbons (Fsp3) is 0.316. The minimum atomic E-state index is 0.640. The molecule has 3 rings (SSSR count). The number of thiocarbonyl (C=S) groups is 1. The number of nitrogens with zero attached hydrogens (tertiary/aromatic N) is 5. The fourth-order valence-electron chi connectivity index (χ4n) is 2.81. The van der Waals surface area contributed by atoms with Gasteiger partial charge in [0.15, 0.2) is 5.11 Å². The van der Waals surface area contributed by atoms with Crippen LogP contribution in [0.25, 0.3) is 0 Å². The first-order valence-corrected chi connectivity index (χ1v) is 9.97. The molecule has 1 aromatic carbocycles. The van der Waals surface area contributed by atoms with E-state index in [1.165, 1.54) is 11.1 Å². The van der Waals surface area contributed by atoms with E-state index in [-0.39, 0.29) is 0 Å². The first-order valence-electron chi connectivity index (χ1n) is 8.77. The van der Waals surface area contributed by atoms with E-state index >= 15 is 0 Å². The summed E-state index contributed by atoms with van der Waals surface area (Å²) < 4.78 is 4.87. The summed E-state index contributed by atoms with van der Waals surface area (Å²) in [5.41, 5.74) is 4.49. The molecule has 0 unspecified atom stereocenters. The van der Waals surface area contributed by atoms with Gasteiger partial charge < -0.3 is 10.2 Å². The molecule has 0 aliphatic heterocycles. The van der Waals surface area contributed by atoms with Gasteiger partial charge in [-0.3, -0.25) is 9.36 Å². The van der Waals surface area contributed by atoms with Gasteiger partial charge >= 0.3 is 0 Å². The number of rotatable bonds is 6. The van der Waals surface area contributed by atoms with Crippen LogP contribution in [0.1, 0.15) is 23.7 Å². The van der Waals surface area contributed by atoms with E-state index in [2.05, 4.69) is 57.4 Å². The van der Waals surface area contributed by atoms with E-state index in [9.17, 15) is 0 Å². The molecule has 3 aromatic rings. The van der Waals surface area contributed by atoms with Gasteiger partial charge in [-0.05, 0) is 53.1 Å². The third-order valence-corrected chi connectivity index (χ3v) is 5.49. The second-order valence-corrected chi connectivity index (χ2v) is 7.64. The number of halogens is 1. The number of benzene rings is 1. The van der Waals surface area contributed by atoms with Crippen LogP contribution in [-0.2, 0) is 19.6 Å². The molecule has 0 saturated heterocycles. The number of hydrogen-bond donors (Lipinski definition) is 1. The minimum Gasteiger partial charge on any atom is -0.346 e. The van der Waals surface area contributed by atoms with Gasteiger partial charge in [-0.1, -0.05) is 24.3 Å². The molecular formula is C19H23BrN6S. The lowest BCUT2D eigenvalue weighted by molar-refractivity contribution is 0.470. The molecule has 0 fully saturated rings. The molecule has 1 N–H and O–H groups in total. The van der Waals surface area contributed by atoms with Gasteiger partial charge in [0.1, 0.15) is 0 Å². The van der Waals surface area contributed by atoms with Gasteiger partial charge in [0.05, 0.1) is 41.3 Å². The van der Waals surface area contributed by atoms with E-state index in [1.54, 1.807) is 6.20 Å². The van der Waals surface area contributed by atoms with Gasteiger partial charge in [0.25, 0.3) is 0 Å². The van der Waals surface area contributed by atoms with Crippen LogP contribution in [0.5, 0.6) is 0 Å². The molecular weight excluding hydrogens is 424 g/mol. The van der Waals surface area contributed by atoms with Crippen molar-refractivity contribution in [3.63, 3.8) is 0 Å². The summed E-state index contributed by atoms with van der Waals surface area (Å²) >= 11 is 9.10. The predicted molar refractivity (Wildman–Crippen MR) is 116 cm³/mol. The third kappa shape index (κ3) is 4.75. The molecule has 8 heteroatoms. The highest BCUT2D eigenvalue weighted by Gasteiger charge is 2.13. The molecule has 0 radical (unpaired) electrons. The average molecular weight is 447 g/mol. The van der Waals surface area contributed by atoms with Crippen LogP contribution in [-0.4, -0.2) is 36.6 Å². The Balaban J connectivity index is 1.62. The van der Waals surface area contributed by atoms with E-state index in [1.807, 2.05) is 45.8 Å². The van der Waals surface area contributed by atoms with Gasteiger partial charge in [-0.2, -0.15) is 10.2 Å². The monoisotopic (exact) mass is 446 g/mol. The summed E-state index contributed by atoms with van der Waals surface area (Å²) in [5, 5.41) is 12.7. The van der Waals surface area contributed by atoms with Gasteiger partial charge in [0.2, 0.25) is 0 Å². The van der Waals surface area contributed by atoms with Crippen molar-refractivity contribution in [3.8, 4) is 0 Å². The molecule has 0 aliphatic carbocycles. The van der Waals surface area contributed by atoms with Crippen molar-refractivity contribution in [1.82, 2.24) is 24.5 Å². The topological polar surface area (TPSA) is 50.9 Å². The van der Waals surface area contributed by atoms with Crippen LogP contribution in [0.4, 0.5) is 5.69 Å². The summed E-state index contributed by atoms with van der Waals surface area (Å²) in [6.45, 7) is 6.40. The Hall–Kier alpha value is -2.19. The van der Waals surface area contributed by atoms with E-state index in [4.69, 9.17) is 12.2 Å². The zero-order chi connectivity index (χ0) is 19.4. The van der Waals surface area contributed by atoms with Crippen molar-refractivity contribution < 1.29 is 0 Å². The Morgan fingerprint density at radius 3 is 2.78 bits per heavy atom. The second-order valence-electron chi connectivity index (χ2n) is 6.39. The summed E-state index contributed by atoms with van der Waals surface area (Å²) in [6.07, 6.45) is 5.59. The fourth-order valence-corrected chi connectivity index (χ4v) is 3.41. The standard InChI is InChI=1S/C19H23BrN6S/c1-4-26-18(17(20)10-22-26)13-24(3)19(27)23-16-9-21-25(12-16)11-15-8-6-5-7-14(15)2/h5-10,12H,4,11,13H2,1-3H3,(H,23,27). The van der Waals surface area contributed by atoms with E-state index in [0.717, 1.165) is 28.9 Å². The first kappa shape index (κ1) is 19.6. The Morgan fingerprint density at radius 1 is 1.26 bits per heavy atom. The average Bonchev–Trinajstić information content (AvgIpc) is 3.23. The summed E-state index contributed by atoms with van der Waals surface area (Å²) in [6, 6.07) is 8.33. The lowest BCUT2D eigenvalue weighted by atomic mass is 10.1. The summed E-state index contributed by atoms with van der Waals surface area (Å²) in [7, 11) is 1.96. The first-order chi connectivity index (χ1) is 13.0. The molecule has 2 aromatic heterocycles. The van der Waals surface area contributed by atoms with Gasteiger partial charge in [-0.25, -0.2) is 0 Å².